The summed E-state index contributed by atoms with van der Waals surface area (Å²) in [4.78, 5) is 41.6. The standard InChI is InChI=1S/C16H23N3O4S/c1-3-5-6-19-9-11(7-13(19)20)15(22)18-16-17-12(10-24-16)8-14(21)23-4-2/h10-11H,3-9H2,1-2H3,(H,17,18,22)/t11-/m1/s1. The first-order valence-corrected chi connectivity index (χ1v) is 9.10. The van der Waals surface area contributed by atoms with E-state index in [0.29, 0.717) is 30.5 Å². The maximum absolute atomic E-state index is 12.3. The first-order valence-electron chi connectivity index (χ1n) is 8.22. The third kappa shape index (κ3) is 5.02. The second-order valence-corrected chi connectivity index (χ2v) is 6.57. The zero-order chi connectivity index (χ0) is 17.5. The largest absolute Gasteiger partial charge is 0.466 e. The van der Waals surface area contributed by atoms with Crippen LogP contribution in [0.15, 0.2) is 5.38 Å². The second-order valence-electron chi connectivity index (χ2n) is 5.71. The molecule has 0 aliphatic carbocycles. The first-order chi connectivity index (χ1) is 11.5. The third-order valence-electron chi connectivity index (χ3n) is 3.78. The smallest absolute Gasteiger partial charge is 0.311 e. The summed E-state index contributed by atoms with van der Waals surface area (Å²) in [6.45, 7) is 5.32. The maximum Gasteiger partial charge on any atom is 0.311 e. The summed E-state index contributed by atoms with van der Waals surface area (Å²) >= 11 is 1.26. The van der Waals surface area contributed by atoms with Crippen molar-refractivity contribution in [2.45, 2.75) is 39.5 Å². The molecule has 0 radical (unpaired) electrons. The van der Waals surface area contributed by atoms with E-state index in [2.05, 4.69) is 17.2 Å². The molecule has 0 saturated carbocycles. The number of aromatic nitrogens is 1. The summed E-state index contributed by atoms with van der Waals surface area (Å²) in [7, 11) is 0. The molecule has 1 N–H and O–H groups in total. The van der Waals surface area contributed by atoms with Crippen LogP contribution in [-0.4, -0.2) is 47.4 Å². The first kappa shape index (κ1) is 18.4. The van der Waals surface area contributed by atoms with Crippen LogP contribution in [0.5, 0.6) is 0 Å². The monoisotopic (exact) mass is 353 g/mol. The number of carbonyl (C=O) groups excluding carboxylic acids is 3. The number of likely N-dealkylation sites (tertiary alicyclic amines) is 1. The minimum Gasteiger partial charge on any atom is -0.466 e. The van der Waals surface area contributed by atoms with E-state index in [-0.39, 0.29) is 36.5 Å². The summed E-state index contributed by atoms with van der Waals surface area (Å²) in [5.74, 6) is -0.842. The third-order valence-corrected chi connectivity index (χ3v) is 4.59. The fraction of sp³-hybridized carbons (Fsp3) is 0.625. The van der Waals surface area contributed by atoms with Gasteiger partial charge in [0.1, 0.15) is 0 Å². The van der Waals surface area contributed by atoms with Crippen molar-refractivity contribution < 1.29 is 19.1 Å². The Balaban J connectivity index is 1.85. The lowest BCUT2D eigenvalue weighted by molar-refractivity contribution is -0.142. The van der Waals surface area contributed by atoms with Crippen molar-refractivity contribution in [2.24, 2.45) is 5.92 Å². The topological polar surface area (TPSA) is 88.6 Å². The molecule has 1 saturated heterocycles. The molecule has 1 aliphatic rings. The molecule has 0 aromatic carbocycles. The molecule has 7 nitrogen and oxygen atoms in total. The lowest BCUT2D eigenvalue weighted by Gasteiger charge is -2.15. The Bertz CT molecular complexity index is 602. The van der Waals surface area contributed by atoms with Crippen LogP contribution in [-0.2, 0) is 25.5 Å². The molecule has 132 valence electrons. The SMILES string of the molecule is CCCCN1C[C@H](C(=O)Nc2nc(CC(=O)OCC)cs2)CC1=O. The van der Waals surface area contributed by atoms with Crippen molar-refractivity contribution in [3.05, 3.63) is 11.1 Å². The summed E-state index contributed by atoms with van der Waals surface area (Å²) in [5, 5.41) is 4.91. The Morgan fingerprint density at radius 2 is 2.25 bits per heavy atom. The van der Waals surface area contributed by atoms with Gasteiger partial charge in [0.05, 0.1) is 24.6 Å². The van der Waals surface area contributed by atoms with Crippen molar-refractivity contribution in [1.29, 1.82) is 0 Å². The molecule has 0 spiro atoms. The average Bonchev–Trinajstić information content (AvgIpc) is 3.12. The van der Waals surface area contributed by atoms with E-state index in [4.69, 9.17) is 4.74 Å². The van der Waals surface area contributed by atoms with Gasteiger partial charge < -0.3 is 15.0 Å². The van der Waals surface area contributed by atoms with Gasteiger partial charge in [-0.2, -0.15) is 0 Å². The van der Waals surface area contributed by atoms with E-state index in [1.165, 1.54) is 11.3 Å². The van der Waals surface area contributed by atoms with E-state index >= 15 is 0 Å². The van der Waals surface area contributed by atoms with Gasteiger partial charge in [-0.1, -0.05) is 13.3 Å². The molecular weight excluding hydrogens is 330 g/mol. The molecule has 2 heterocycles. The highest BCUT2D eigenvalue weighted by atomic mass is 32.1. The predicted molar refractivity (Wildman–Crippen MR) is 90.7 cm³/mol. The van der Waals surface area contributed by atoms with Crippen molar-refractivity contribution in [2.75, 3.05) is 25.0 Å². The highest BCUT2D eigenvalue weighted by Gasteiger charge is 2.34. The molecule has 1 aliphatic heterocycles. The Morgan fingerprint density at radius 1 is 1.46 bits per heavy atom. The average molecular weight is 353 g/mol. The van der Waals surface area contributed by atoms with Crippen LogP contribution in [0.25, 0.3) is 0 Å². The van der Waals surface area contributed by atoms with Gasteiger partial charge in [-0.15, -0.1) is 11.3 Å². The van der Waals surface area contributed by atoms with Gasteiger partial charge in [0.25, 0.3) is 0 Å². The number of esters is 1. The van der Waals surface area contributed by atoms with Crippen LogP contribution < -0.4 is 5.32 Å². The number of hydrogen-bond donors (Lipinski definition) is 1. The Hall–Kier alpha value is -1.96. The number of nitrogens with zero attached hydrogens (tertiary/aromatic N) is 2. The second kappa shape index (κ2) is 8.77. The van der Waals surface area contributed by atoms with Crippen molar-refractivity contribution in [1.82, 2.24) is 9.88 Å². The molecule has 1 aromatic heterocycles. The van der Waals surface area contributed by atoms with E-state index in [1.54, 1.807) is 17.2 Å². The van der Waals surface area contributed by atoms with E-state index < -0.39 is 0 Å². The van der Waals surface area contributed by atoms with E-state index in [0.717, 1.165) is 12.8 Å². The molecule has 1 fully saturated rings. The number of ether oxygens (including phenoxy) is 1. The molecule has 1 aromatic rings. The lowest BCUT2D eigenvalue weighted by Crippen LogP contribution is -2.29. The van der Waals surface area contributed by atoms with Crippen molar-refractivity contribution in [3.63, 3.8) is 0 Å². The predicted octanol–water partition coefficient (Wildman–Crippen LogP) is 1.84. The van der Waals surface area contributed by atoms with Crippen LogP contribution in [0.1, 0.15) is 38.8 Å². The molecule has 1 atom stereocenters. The highest BCUT2D eigenvalue weighted by Crippen LogP contribution is 2.22. The summed E-state index contributed by atoms with van der Waals surface area (Å²) in [6, 6.07) is 0. The van der Waals surface area contributed by atoms with Crippen molar-refractivity contribution in [3.8, 4) is 0 Å². The molecule has 2 amide bonds. The zero-order valence-corrected chi connectivity index (χ0v) is 14.9. The normalized spacial score (nSPS) is 17.2. The van der Waals surface area contributed by atoms with Gasteiger partial charge in [0.2, 0.25) is 11.8 Å². The molecule has 2 rings (SSSR count). The van der Waals surface area contributed by atoms with Crippen LogP contribution >= 0.6 is 11.3 Å². The summed E-state index contributed by atoms with van der Waals surface area (Å²) in [6.07, 6.45) is 2.30. The number of carbonyl (C=O) groups is 3. The van der Waals surface area contributed by atoms with Gasteiger partial charge in [0.15, 0.2) is 5.13 Å². The zero-order valence-electron chi connectivity index (χ0n) is 14.0. The minimum atomic E-state index is -0.341. The number of amides is 2. The Kier molecular flexibility index (Phi) is 6.72. The molecule has 0 unspecified atom stereocenters. The fourth-order valence-corrected chi connectivity index (χ4v) is 3.24. The van der Waals surface area contributed by atoms with Crippen LogP contribution in [0.3, 0.4) is 0 Å². The molecule has 8 heteroatoms. The minimum absolute atomic E-state index is 0.0331. The van der Waals surface area contributed by atoms with Gasteiger partial charge >= 0.3 is 5.97 Å². The Labute approximate surface area is 145 Å². The van der Waals surface area contributed by atoms with Crippen molar-refractivity contribution >= 4 is 34.3 Å². The molecule has 0 bridgehead atoms. The van der Waals surface area contributed by atoms with Crippen LogP contribution in [0.4, 0.5) is 5.13 Å². The van der Waals surface area contributed by atoms with Gasteiger partial charge in [0, 0.05) is 24.9 Å². The number of thiazole rings is 1. The van der Waals surface area contributed by atoms with Gasteiger partial charge in [-0.3, -0.25) is 14.4 Å². The van der Waals surface area contributed by atoms with E-state index in [1.807, 2.05) is 0 Å². The number of unbranched alkanes of at least 4 members (excludes halogenated alkanes) is 1. The van der Waals surface area contributed by atoms with E-state index in [9.17, 15) is 14.4 Å². The van der Waals surface area contributed by atoms with Crippen LogP contribution in [0, 0.1) is 5.92 Å². The lowest BCUT2D eigenvalue weighted by atomic mass is 10.1. The Morgan fingerprint density at radius 3 is 2.96 bits per heavy atom. The van der Waals surface area contributed by atoms with Gasteiger partial charge in [-0.05, 0) is 13.3 Å². The quantitative estimate of drug-likeness (QED) is 0.720. The fourth-order valence-electron chi connectivity index (χ4n) is 2.53. The van der Waals surface area contributed by atoms with Crippen LogP contribution in [0.2, 0.25) is 0 Å². The number of nitrogens with one attached hydrogen (secondary N) is 1. The number of anilines is 1. The summed E-state index contributed by atoms with van der Waals surface area (Å²) in [5.41, 5.74) is 0.570. The highest BCUT2D eigenvalue weighted by molar-refractivity contribution is 7.13. The van der Waals surface area contributed by atoms with Gasteiger partial charge in [-0.25, -0.2) is 4.98 Å². The molecule has 24 heavy (non-hydrogen) atoms. The summed E-state index contributed by atoms with van der Waals surface area (Å²) < 4.78 is 4.87. The maximum atomic E-state index is 12.3. The molecular formula is C16H23N3O4S. The number of hydrogen-bond acceptors (Lipinski definition) is 6. The number of rotatable bonds is 8.